The minimum atomic E-state index is -0.227. The van der Waals surface area contributed by atoms with E-state index in [4.69, 9.17) is 0 Å². The number of nitrogens with zero attached hydrogens (tertiary/aromatic N) is 2. The number of fused-ring (bicyclic) bond motifs is 1. The van der Waals surface area contributed by atoms with Gasteiger partial charge in [-0.1, -0.05) is 24.3 Å². The maximum Gasteiger partial charge on any atom is 0.271 e. The second-order valence-corrected chi connectivity index (χ2v) is 7.15. The Hall–Kier alpha value is -3.67. The van der Waals surface area contributed by atoms with Crippen molar-refractivity contribution in [1.29, 1.82) is 0 Å². The third-order valence-electron chi connectivity index (χ3n) is 4.73. The highest BCUT2D eigenvalue weighted by Crippen LogP contribution is 2.18. The monoisotopic (exact) mass is 385 g/mol. The fourth-order valence-electron chi connectivity index (χ4n) is 3.44. The summed E-state index contributed by atoms with van der Waals surface area (Å²) in [6.45, 7) is 4.63. The van der Waals surface area contributed by atoms with E-state index in [9.17, 15) is 4.79 Å². The van der Waals surface area contributed by atoms with Crippen LogP contribution in [0.1, 0.15) is 27.2 Å². The zero-order valence-corrected chi connectivity index (χ0v) is 16.5. The van der Waals surface area contributed by atoms with Gasteiger partial charge in [-0.3, -0.25) is 4.79 Å². The lowest BCUT2D eigenvalue weighted by atomic mass is 10.1. The number of nitrogens with one attached hydrogen (secondary N) is 3. The average molecular weight is 385 g/mol. The van der Waals surface area contributed by atoms with Crippen molar-refractivity contribution < 1.29 is 4.79 Å². The molecular weight excluding hydrogens is 362 g/mol. The normalized spacial score (nSPS) is 10.8. The van der Waals surface area contributed by atoms with E-state index >= 15 is 0 Å². The van der Waals surface area contributed by atoms with Gasteiger partial charge in [-0.2, -0.15) is 0 Å². The molecule has 29 heavy (non-hydrogen) atoms. The molecule has 6 nitrogen and oxygen atoms in total. The van der Waals surface area contributed by atoms with Gasteiger partial charge in [0.05, 0.1) is 12.4 Å². The lowest BCUT2D eigenvalue weighted by Gasteiger charge is -2.08. The number of aryl methyl sites for hydroxylation is 2. The number of carbonyl (C=O) groups is 1. The molecule has 0 aliphatic heterocycles. The van der Waals surface area contributed by atoms with Gasteiger partial charge in [0.25, 0.3) is 5.91 Å². The van der Waals surface area contributed by atoms with Crippen LogP contribution in [0.25, 0.3) is 10.9 Å². The molecule has 0 saturated carbocycles. The Labute approximate surface area is 169 Å². The minimum Gasteiger partial charge on any atom is -0.361 e. The molecule has 0 unspecified atom stereocenters. The zero-order chi connectivity index (χ0) is 20.2. The van der Waals surface area contributed by atoms with E-state index < -0.39 is 0 Å². The summed E-state index contributed by atoms with van der Waals surface area (Å²) in [7, 11) is 0. The van der Waals surface area contributed by atoms with Gasteiger partial charge in [-0.05, 0) is 55.2 Å². The summed E-state index contributed by atoms with van der Waals surface area (Å²) >= 11 is 0. The van der Waals surface area contributed by atoms with Crippen LogP contribution in [0.4, 0.5) is 11.5 Å². The summed E-state index contributed by atoms with van der Waals surface area (Å²) in [5.74, 6) is 0.376. The summed E-state index contributed by atoms with van der Waals surface area (Å²) in [6, 6.07) is 14.3. The Morgan fingerprint density at radius 2 is 1.83 bits per heavy atom. The van der Waals surface area contributed by atoms with Gasteiger partial charge in [0, 0.05) is 29.3 Å². The van der Waals surface area contributed by atoms with E-state index in [1.165, 1.54) is 28.3 Å². The minimum absolute atomic E-state index is 0.227. The summed E-state index contributed by atoms with van der Waals surface area (Å²) in [4.78, 5) is 24.2. The Bertz CT molecular complexity index is 1130. The van der Waals surface area contributed by atoms with Crippen LogP contribution in [0.2, 0.25) is 0 Å². The second-order valence-electron chi connectivity index (χ2n) is 7.15. The molecule has 2 heterocycles. The maximum absolute atomic E-state index is 12.4. The molecule has 0 aliphatic carbocycles. The van der Waals surface area contributed by atoms with Crippen LogP contribution in [0.5, 0.6) is 0 Å². The number of amides is 1. The van der Waals surface area contributed by atoms with Crippen molar-refractivity contribution in [3.05, 3.63) is 83.4 Å². The average Bonchev–Trinajstić information content (AvgIpc) is 3.11. The first-order valence-corrected chi connectivity index (χ1v) is 9.59. The van der Waals surface area contributed by atoms with Gasteiger partial charge >= 0.3 is 0 Å². The quantitative estimate of drug-likeness (QED) is 0.462. The molecule has 4 aromatic rings. The Kier molecular flexibility index (Phi) is 5.24. The van der Waals surface area contributed by atoms with E-state index in [0.717, 1.165) is 17.6 Å². The van der Waals surface area contributed by atoms with Crippen molar-refractivity contribution >= 4 is 28.3 Å². The molecule has 0 radical (unpaired) electrons. The van der Waals surface area contributed by atoms with Crippen molar-refractivity contribution in [3.63, 3.8) is 0 Å². The van der Waals surface area contributed by atoms with E-state index in [2.05, 4.69) is 37.7 Å². The summed E-state index contributed by atoms with van der Waals surface area (Å²) < 4.78 is 0. The molecule has 0 saturated heterocycles. The number of rotatable bonds is 6. The van der Waals surface area contributed by atoms with Crippen LogP contribution < -0.4 is 10.6 Å². The fraction of sp³-hybridized carbons (Fsp3) is 0.174. The van der Waals surface area contributed by atoms with Crippen molar-refractivity contribution in [2.75, 3.05) is 11.9 Å². The number of para-hydroxylation sites is 1. The molecule has 4 rings (SSSR count). The van der Waals surface area contributed by atoms with E-state index in [1.54, 1.807) is 6.20 Å². The van der Waals surface area contributed by atoms with Crippen LogP contribution in [0.15, 0.2) is 61.1 Å². The molecule has 1 amide bonds. The molecule has 0 bridgehead atoms. The highest BCUT2D eigenvalue weighted by Gasteiger charge is 2.09. The first-order chi connectivity index (χ1) is 14.1. The van der Waals surface area contributed by atoms with Gasteiger partial charge in [-0.25, -0.2) is 9.97 Å². The van der Waals surface area contributed by atoms with Crippen LogP contribution in [0.3, 0.4) is 0 Å². The largest absolute Gasteiger partial charge is 0.361 e. The molecule has 0 aliphatic rings. The van der Waals surface area contributed by atoms with Crippen LogP contribution in [0, 0.1) is 13.8 Å². The van der Waals surface area contributed by atoms with Crippen molar-refractivity contribution in [2.45, 2.75) is 20.3 Å². The number of hydrogen-bond acceptors (Lipinski definition) is 4. The molecule has 0 fully saturated rings. The standard InChI is InChI=1S/C23H23N5O/c1-15-9-16(2)11-18(10-15)28-22-14-26-21(13-27-22)23(29)24-8-7-17-12-25-20-6-4-3-5-19(17)20/h3-6,9-14,25H,7-8H2,1-2H3,(H,24,29)(H,27,28). The van der Waals surface area contributed by atoms with Crippen molar-refractivity contribution in [1.82, 2.24) is 20.3 Å². The summed E-state index contributed by atoms with van der Waals surface area (Å²) in [5, 5.41) is 7.32. The van der Waals surface area contributed by atoms with Gasteiger partial charge < -0.3 is 15.6 Å². The Morgan fingerprint density at radius 1 is 1.03 bits per heavy atom. The van der Waals surface area contributed by atoms with Crippen LogP contribution >= 0.6 is 0 Å². The molecule has 2 aromatic carbocycles. The van der Waals surface area contributed by atoms with Crippen molar-refractivity contribution in [2.24, 2.45) is 0 Å². The van der Waals surface area contributed by atoms with E-state index in [1.807, 2.05) is 50.4 Å². The first kappa shape index (κ1) is 18.7. The van der Waals surface area contributed by atoms with E-state index in [0.29, 0.717) is 18.1 Å². The number of anilines is 2. The lowest BCUT2D eigenvalue weighted by molar-refractivity contribution is 0.0949. The smallest absolute Gasteiger partial charge is 0.271 e. The summed E-state index contributed by atoms with van der Waals surface area (Å²) in [6.07, 6.45) is 5.80. The lowest BCUT2D eigenvalue weighted by Crippen LogP contribution is -2.26. The highest BCUT2D eigenvalue weighted by atomic mass is 16.1. The van der Waals surface area contributed by atoms with Gasteiger partial charge in [-0.15, -0.1) is 0 Å². The first-order valence-electron chi connectivity index (χ1n) is 9.59. The van der Waals surface area contributed by atoms with Crippen LogP contribution in [-0.4, -0.2) is 27.4 Å². The van der Waals surface area contributed by atoms with Gasteiger partial charge in [0.1, 0.15) is 11.5 Å². The number of H-pyrrole nitrogens is 1. The van der Waals surface area contributed by atoms with E-state index in [-0.39, 0.29) is 5.91 Å². The van der Waals surface area contributed by atoms with Crippen molar-refractivity contribution in [3.8, 4) is 0 Å². The molecule has 0 spiro atoms. The fourth-order valence-corrected chi connectivity index (χ4v) is 3.44. The zero-order valence-electron chi connectivity index (χ0n) is 16.5. The molecular formula is C23H23N5O. The molecule has 3 N–H and O–H groups in total. The maximum atomic E-state index is 12.4. The molecule has 0 atom stereocenters. The van der Waals surface area contributed by atoms with Crippen LogP contribution in [-0.2, 0) is 6.42 Å². The number of hydrogen-bond donors (Lipinski definition) is 3. The predicted molar refractivity (Wildman–Crippen MR) is 116 cm³/mol. The topological polar surface area (TPSA) is 82.7 Å². The molecule has 146 valence electrons. The Morgan fingerprint density at radius 3 is 2.59 bits per heavy atom. The van der Waals surface area contributed by atoms with Gasteiger partial charge in [0.2, 0.25) is 0 Å². The SMILES string of the molecule is Cc1cc(C)cc(Nc2cnc(C(=O)NCCc3c[nH]c4ccccc34)cn2)c1. The third-order valence-corrected chi connectivity index (χ3v) is 4.73. The number of aromatic nitrogens is 3. The number of aromatic amines is 1. The number of benzene rings is 2. The third kappa shape index (κ3) is 4.43. The summed E-state index contributed by atoms with van der Waals surface area (Å²) in [5.41, 5.74) is 5.88. The second kappa shape index (κ2) is 8.14. The predicted octanol–water partition coefficient (Wildman–Crippen LogP) is 4.29. The highest BCUT2D eigenvalue weighted by molar-refractivity contribution is 5.92. The molecule has 6 heteroatoms. The molecule has 2 aromatic heterocycles. The van der Waals surface area contributed by atoms with Gasteiger partial charge in [0.15, 0.2) is 0 Å². The Balaban J connectivity index is 1.34. The number of carbonyl (C=O) groups excluding carboxylic acids is 1.